The lowest BCUT2D eigenvalue weighted by molar-refractivity contribution is 0.595. The molecule has 3 N–H and O–H groups in total. The highest BCUT2D eigenvalue weighted by Gasteiger charge is 2.13. The summed E-state index contributed by atoms with van der Waals surface area (Å²) in [6.07, 6.45) is 4.21. The molecule has 0 saturated heterocycles. The highest BCUT2D eigenvalue weighted by Crippen LogP contribution is 2.27. The minimum Gasteiger partial charge on any atom is -0.368 e. The second-order valence-electron chi connectivity index (χ2n) is 4.54. The summed E-state index contributed by atoms with van der Waals surface area (Å²) in [5.74, 6) is 0.641. The van der Waals surface area contributed by atoms with Gasteiger partial charge in [-0.15, -0.1) is 0 Å². The summed E-state index contributed by atoms with van der Waals surface area (Å²) in [6, 6.07) is 8.86. The van der Waals surface area contributed by atoms with Gasteiger partial charge in [-0.2, -0.15) is 4.98 Å². The quantitative estimate of drug-likeness (QED) is 0.761. The van der Waals surface area contributed by atoms with Gasteiger partial charge in [-0.1, -0.05) is 12.1 Å². The molecule has 0 radical (unpaired) electrons. The van der Waals surface area contributed by atoms with Gasteiger partial charge in [0.2, 0.25) is 16.0 Å². The third-order valence-corrected chi connectivity index (χ3v) is 3.99. The Kier molecular flexibility index (Phi) is 3.02. The Balaban J connectivity index is 2.17. The normalized spacial score (nSPS) is 11.7. The number of nitrogens with one attached hydrogen (secondary N) is 1. The molecule has 2 heterocycles. The first-order chi connectivity index (χ1) is 9.95. The summed E-state index contributed by atoms with van der Waals surface area (Å²) in [6.45, 7) is 0. The fraction of sp³-hybridized carbons (Fsp3) is 0.0769. The zero-order valence-electron chi connectivity index (χ0n) is 11.2. The standard InChI is InChI=1S/C13H13N5O2S/c1-21(19,20)18-8-6-9-3-2-4-10(12(9)18)16-11-5-7-15-13(14)17-11/h2-8H,1H3,(H3,14,15,16,17). The van der Waals surface area contributed by atoms with E-state index in [9.17, 15) is 8.42 Å². The van der Waals surface area contributed by atoms with Crippen LogP contribution >= 0.6 is 0 Å². The van der Waals surface area contributed by atoms with E-state index in [4.69, 9.17) is 5.73 Å². The Morgan fingerprint density at radius 3 is 2.76 bits per heavy atom. The largest absolute Gasteiger partial charge is 0.368 e. The van der Waals surface area contributed by atoms with Crippen LogP contribution in [0.15, 0.2) is 42.7 Å². The van der Waals surface area contributed by atoms with E-state index >= 15 is 0 Å². The topological polar surface area (TPSA) is 103 Å². The van der Waals surface area contributed by atoms with Gasteiger partial charge >= 0.3 is 0 Å². The van der Waals surface area contributed by atoms with Gasteiger partial charge in [0.25, 0.3) is 0 Å². The van der Waals surface area contributed by atoms with Crippen LogP contribution in [0.25, 0.3) is 10.9 Å². The highest BCUT2D eigenvalue weighted by molar-refractivity contribution is 7.89. The first-order valence-electron chi connectivity index (χ1n) is 6.11. The van der Waals surface area contributed by atoms with Gasteiger partial charge in [-0.25, -0.2) is 17.4 Å². The van der Waals surface area contributed by atoms with Crippen molar-refractivity contribution in [3.8, 4) is 0 Å². The summed E-state index contributed by atoms with van der Waals surface area (Å²) >= 11 is 0. The highest BCUT2D eigenvalue weighted by atomic mass is 32.2. The van der Waals surface area contributed by atoms with Gasteiger partial charge in [0, 0.05) is 17.8 Å². The Morgan fingerprint density at radius 2 is 2.05 bits per heavy atom. The SMILES string of the molecule is CS(=O)(=O)n1ccc2cccc(Nc3ccnc(N)n3)c21. The number of para-hydroxylation sites is 1. The van der Waals surface area contributed by atoms with Gasteiger partial charge in [0.1, 0.15) is 5.82 Å². The molecule has 7 nitrogen and oxygen atoms in total. The van der Waals surface area contributed by atoms with Crippen LogP contribution in [0.3, 0.4) is 0 Å². The molecular weight excluding hydrogens is 290 g/mol. The molecule has 0 fully saturated rings. The molecule has 3 rings (SSSR count). The van der Waals surface area contributed by atoms with E-state index in [0.29, 0.717) is 17.0 Å². The molecule has 0 aliphatic heterocycles. The number of nitrogen functional groups attached to an aromatic ring is 1. The number of nitrogens with two attached hydrogens (primary N) is 1. The third kappa shape index (κ3) is 2.52. The van der Waals surface area contributed by atoms with Crippen molar-refractivity contribution in [1.82, 2.24) is 13.9 Å². The summed E-state index contributed by atoms with van der Waals surface area (Å²) in [4.78, 5) is 7.86. The number of aromatic nitrogens is 3. The number of anilines is 3. The van der Waals surface area contributed by atoms with Crippen molar-refractivity contribution in [3.63, 3.8) is 0 Å². The van der Waals surface area contributed by atoms with Crippen molar-refractivity contribution in [3.05, 3.63) is 42.7 Å². The predicted molar refractivity (Wildman–Crippen MR) is 81.9 cm³/mol. The van der Waals surface area contributed by atoms with Gasteiger partial charge in [-0.3, -0.25) is 0 Å². The number of fused-ring (bicyclic) bond motifs is 1. The number of benzene rings is 1. The zero-order valence-corrected chi connectivity index (χ0v) is 12.0. The van der Waals surface area contributed by atoms with Gasteiger partial charge in [0.15, 0.2) is 0 Å². The lowest BCUT2D eigenvalue weighted by atomic mass is 10.2. The monoisotopic (exact) mass is 303 g/mol. The lowest BCUT2D eigenvalue weighted by Crippen LogP contribution is -2.09. The molecule has 8 heteroatoms. The number of nitrogens with zero attached hydrogens (tertiary/aromatic N) is 3. The van der Waals surface area contributed by atoms with Crippen LogP contribution in [0.4, 0.5) is 17.5 Å². The van der Waals surface area contributed by atoms with Crippen LogP contribution in [0.1, 0.15) is 0 Å². The van der Waals surface area contributed by atoms with Crippen LogP contribution < -0.4 is 11.1 Å². The van der Waals surface area contributed by atoms with Crippen LogP contribution in [0, 0.1) is 0 Å². The molecule has 108 valence electrons. The maximum absolute atomic E-state index is 11.9. The summed E-state index contributed by atoms with van der Waals surface area (Å²) in [5, 5.41) is 3.88. The summed E-state index contributed by atoms with van der Waals surface area (Å²) < 4.78 is 24.9. The molecule has 21 heavy (non-hydrogen) atoms. The molecule has 0 aliphatic rings. The second kappa shape index (κ2) is 4.74. The molecule has 0 aliphatic carbocycles. The van der Waals surface area contributed by atoms with Crippen molar-refractivity contribution in [2.24, 2.45) is 0 Å². The Hall–Kier alpha value is -2.61. The van der Waals surface area contributed by atoms with Crippen molar-refractivity contribution in [1.29, 1.82) is 0 Å². The maximum atomic E-state index is 11.9. The average molecular weight is 303 g/mol. The second-order valence-corrected chi connectivity index (χ2v) is 6.40. The zero-order chi connectivity index (χ0) is 15.0. The fourth-order valence-electron chi connectivity index (χ4n) is 2.12. The van der Waals surface area contributed by atoms with Gasteiger partial charge in [0.05, 0.1) is 17.5 Å². The molecule has 0 atom stereocenters. The number of hydrogen-bond acceptors (Lipinski definition) is 6. The first-order valence-corrected chi connectivity index (χ1v) is 7.96. The van der Waals surface area contributed by atoms with Crippen LogP contribution in [-0.2, 0) is 10.0 Å². The Bertz CT molecular complexity index is 917. The van der Waals surface area contributed by atoms with Crippen LogP contribution in [0.2, 0.25) is 0 Å². The van der Waals surface area contributed by atoms with E-state index in [1.807, 2.05) is 12.1 Å². The smallest absolute Gasteiger partial charge is 0.236 e. The van der Waals surface area contributed by atoms with Crippen molar-refractivity contribution >= 4 is 38.4 Å². The average Bonchev–Trinajstić information content (AvgIpc) is 2.83. The number of rotatable bonds is 3. The minimum atomic E-state index is -3.39. The third-order valence-electron chi connectivity index (χ3n) is 2.97. The Morgan fingerprint density at radius 1 is 1.24 bits per heavy atom. The molecule has 0 amide bonds. The van der Waals surface area contributed by atoms with E-state index in [-0.39, 0.29) is 5.95 Å². The molecular formula is C13H13N5O2S. The van der Waals surface area contributed by atoms with E-state index in [1.165, 1.54) is 16.4 Å². The molecule has 1 aromatic carbocycles. The van der Waals surface area contributed by atoms with E-state index in [0.717, 1.165) is 11.6 Å². The molecule has 2 aromatic heterocycles. The Labute approximate surface area is 121 Å². The van der Waals surface area contributed by atoms with Crippen molar-refractivity contribution in [2.45, 2.75) is 0 Å². The van der Waals surface area contributed by atoms with E-state index < -0.39 is 10.0 Å². The molecule has 0 spiro atoms. The molecule has 0 unspecified atom stereocenters. The van der Waals surface area contributed by atoms with Crippen molar-refractivity contribution in [2.75, 3.05) is 17.3 Å². The summed E-state index contributed by atoms with van der Waals surface area (Å²) in [5.41, 5.74) is 6.73. The van der Waals surface area contributed by atoms with E-state index in [1.54, 1.807) is 18.2 Å². The molecule has 3 aromatic rings. The molecule has 0 bridgehead atoms. The number of hydrogen-bond donors (Lipinski definition) is 2. The minimum absolute atomic E-state index is 0.144. The first kappa shape index (κ1) is 13.4. The van der Waals surface area contributed by atoms with Gasteiger partial charge in [-0.05, 0) is 18.2 Å². The van der Waals surface area contributed by atoms with Crippen LogP contribution in [-0.4, -0.2) is 28.6 Å². The fourth-order valence-corrected chi connectivity index (χ4v) is 2.94. The van der Waals surface area contributed by atoms with Crippen molar-refractivity contribution < 1.29 is 8.42 Å². The maximum Gasteiger partial charge on any atom is 0.236 e. The molecule has 0 saturated carbocycles. The van der Waals surface area contributed by atoms with Crippen LogP contribution in [0.5, 0.6) is 0 Å². The lowest BCUT2D eigenvalue weighted by Gasteiger charge is -2.10. The van der Waals surface area contributed by atoms with Gasteiger partial charge < -0.3 is 11.1 Å². The summed E-state index contributed by atoms with van der Waals surface area (Å²) in [7, 11) is -3.39. The predicted octanol–water partition coefficient (Wildman–Crippen LogP) is 1.56. The van der Waals surface area contributed by atoms with E-state index in [2.05, 4.69) is 15.3 Å².